The highest BCUT2D eigenvalue weighted by molar-refractivity contribution is 7.89. The van der Waals surface area contributed by atoms with Gasteiger partial charge in [0.2, 0.25) is 15.9 Å². The maximum Gasteiger partial charge on any atom is 0.223 e. The van der Waals surface area contributed by atoms with Crippen molar-refractivity contribution in [3.63, 3.8) is 0 Å². The first kappa shape index (κ1) is 23.4. The van der Waals surface area contributed by atoms with Gasteiger partial charge in [-0.25, -0.2) is 12.7 Å². The predicted octanol–water partition coefficient (Wildman–Crippen LogP) is 2.99. The summed E-state index contributed by atoms with van der Waals surface area (Å²) in [6.07, 6.45) is 2.49. The Balaban J connectivity index is 1.31. The minimum Gasteiger partial charge on any atom is -0.375 e. The van der Waals surface area contributed by atoms with Gasteiger partial charge in [0.1, 0.15) is 0 Å². The number of rotatable bonds is 11. The average molecular weight is 445 g/mol. The lowest BCUT2D eigenvalue weighted by molar-refractivity contribution is -0.126. The molecule has 1 aliphatic rings. The molecule has 0 aliphatic carbocycles. The van der Waals surface area contributed by atoms with E-state index in [9.17, 15) is 13.2 Å². The van der Waals surface area contributed by atoms with Crippen LogP contribution in [0.25, 0.3) is 0 Å². The van der Waals surface area contributed by atoms with Crippen LogP contribution in [0, 0.1) is 5.92 Å². The Bertz CT molecular complexity index is 896. The first-order chi connectivity index (χ1) is 15.0. The fourth-order valence-electron chi connectivity index (χ4n) is 3.78. The quantitative estimate of drug-likeness (QED) is 0.541. The van der Waals surface area contributed by atoms with E-state index in [0.29, 0.717) is 52.1 Å². The second-order valence-electron chi connectivity index (χ2n) is 7.91. The fraction of sp³-hybridized carbons (Fsp3) is 0.458. The molecule has 1 N–H and O–H groups in total. The summed E-state index contributed by atoms with van der Waals surface area (Å²) in [4.78, 5) is 12.4. The number of nitrogens with zero attached hydrogens (tertiary/aromatic N) is 1. The Kier molecular flexibility index (Phi) is 9.06. The van der Waals surface area contributed by atoms with Crippen molar-refractivity contribution in [1.82, 2.24) is 9.62 Å². The van der Waals surface area contributed by atoms with E-state index >= 15 is 0 Å². The summed E-state index contributed by atoms with van der Waals surface area (Å²) in [6.45, 7) is 2.27. The van der Waals surface area contributed by atoms with Gasteiger partial charge in [-0.2, -0.15) is 0 Å². The van der Waals surface area contributed by atoms with Gasteiger partial charge in [0.25, 0.3) is 0 Å². The number of benzene rings is 2. The summed E-state index contributed by atoms with van der Waals surface area (Å²) in [7, 11) is -3.27. The number of carbonyl (C=O) groups is 1. The van der Waals surface area contributed by atoms with Crippen molar-refractivity contribution in [3.05, 3.63) is 71.8 Å². The largest absolute Gasteiger partial charge is 0.375 e. The Morgan fingerprint density at radius 2 is 1.58 bits per heavy atom. The Morgan fingerprint density at radius 1 is 0.968 bits per heavy atom. The topological polar surface area (TPSA) is 75.7 Å². The number of hydrogen-bond acceptors (Lipinski definition) is 4. The molecule has 1 saturated heterocycles. The van der Waals surface area contributed by atoms with Crippen LogP contribution in [0.5, 0.6) is 0 Å². The Morgan fingerprint density at radius 3 is 2.23 bits per heavy atom. The zero-order valence-electron chi connectivity index (χ0n) is 17.9. The van der Waals surface area contributed by atoms with Crippen LogP contribution in [0.15, 0.2) is 60.7 Å². The molecule has 7 heteroatoms. The maximum absolute atomic E-state index is 12.6. The summed E-state index contributed by atoms with van der Waals surface area (Å²) >= 11 is 0. The van der Waals surface area contributed by atoms with Crippen molar-refractivity contribution >= 4 is 15.9 Å². The monoisotopic (exact) mass is 444 g/mol. The van der Waals surface area contributed by atoms with Crippen molar-refractivity contribution < 1.29 is 17.9 Å². The van der Waals surface area contributed by atoms with Crippen LogP contribution in [0.4, 0.5) is 0 Å². The first-order valence-corrected chi connectivity index (χ1v) is 12.6. The molecule has 1 heterocycles. The minimum absolute atomic E-state index is 0.00978. The number of carbonyl (C=O) groups excluding carboxylic acids is 1. The maximum atomic E-state index is 12.6. The van der Waals surface area contributed by atoms with Gasteiger partial charge in [-0.15, -0.1) is 0 Å². The molecule has 0 atom stereocenters. The smallest absolute Gasteiger partial charge is 0.223 e. The molecule has 2 aromatic carbocycles. The molecule has 3 rings (SSSR count). The highest BCUT2D eigenvalue weighted by atomic mass is 32.2. The van der Waals surface area contributed by atoms with E-state index < -0.39 is 10.0 Å². The lowest BCUT2D eigenvalue weighted by atomic mass is 9.97. The van der Waals surface area contributed by atoms with E-state index in [1.165, 1.54) is 0 Å². The van der Waals surface area contributed by atoms with E-state index in [-0.39, 0.29) is 17.6 Å². The van der Waals surface area contributed by atoms with Gasteiger partial charge in [0.15, 0.2) is 0 Å². The zero-order valence-corrected chi connectivity index (χ0v) is 18.7. The van der Waals surface area contributed by atoms with Gasteiger partial charge in [0.05, 0.1) is 19.0 Å². The minimum atomic E-state index is -3.27. The van der Waals surface area contributed by atoms with Crippen LogP contribution < -0.4 is 5.32 Å². The Hall–Kier alpha value is -2.22. The van der Waals surface area contributed by atoms with Crippen molar-refractivity contribution in [1.29, 1.82) is 0 Å². The number of sulfonamides is 1. The van der Waals surface area contributed by atoms with E-state index in [1.807, 2.05) is 60.7 Å². The molecule has 168 valence electrons. The molecule has 31 heavy (non-hydrogen) atoms. The summed E-state index contributed by atoms with van der Waals surface area (Å²) in [5.41, 5.74) is 2.26. The highest BCUT2D eigenvalue weighted by Gasteiger charge is 2.30. The number of aryl methyl sites for hydroxylation is 1. The van der Waals surface area contributed by atoms with Crippen LogP contribution in [0.2, 0.25) is 0 Å². The van der Waals surface area contributed by atoms with E-state index in [0.717, 1.165) is 17.5 Å². The van der Waals surface area contributed by atoms with Crippen molar-refractivity contribution in [2.24, 2.45) is 5.92 Å². The van der Waals surface area contributed by atoms with E-state index in [2.05, 4.69) is 5.32 Å². The molecule has 1 fully saturated rings. The second-order valence-corrected chi connectivity index (χ2v) is 10.00. The molecule has 1 amide bonds. The van der Waals surface area contributed by atoms with Crippen LogP contribution >= 0.6 is 0 Å². The molecule has 0 aromatic heterocycles. The number of hydrogen-bond donors (Lipinski definition) is 1. The lowest BCUT2D eigenvalue weighted by Gasteiger charge is -2.30. The average Bonchev–Trinajstić information content (AvgIpc) is 2.80. The molecule has 6 nitrogen and oxygen atoms in total. The molecule has 0 unspecified atom stereocenters. The number of nitrogens with one attached hydrogen (secondary N) is 1. The van der Waals surface area contributed by atoms with Gasteiger partial charge in [-0.3, -0.25) is 4.79 Å². The standard InChI is InChI=1S/C24H32N2O4S/c27-24(25-15-18-30-20-22-10-5-2-6-11-22)23-13-16-26(17-14-23)31(28,29)19-7-12-21-8-3-1-4-9-21/h1-6,8-11,23H,7,12-20H2,(H,25,27). The second kappa shape index (κ2) is 12.0. The Labute approximate surface area is 185 Å². The van der Waals surface area contributed by atoms with E-state index in [4.69, 9.17) is 4.74 Å². The lowest BCUT2D eigenvalue weighted by Crippen LogP contribution is -2.44. The number of piperidine rings is 1. The van der Waals surface area contributed by atoms with E-state index in [1.54, 1.807) is 4.31 Å². The molecule has 2 aromatic rings. The van der Waals surface area contributed by atoms with Crippen molar-refractivity contribution in [3.8, 4) is 0 Å². The molecule has 1 aliphatic heterocycles. The first-order valence-electron chi connectivity index (χ1n) is 11.0. The highest BCUT2D eigenvalue weighted by Crippen LogP contribution is 2.20. The number of ether oxygens (including phenoxy) is 1. The van der Waals surface area contributed by atoms with Gasteiger partial charge in [-0.05, 0) is 36.8 Å². The normalized spacial score (nSPS) is 15.6. The van der Waals surface area contributed by atoms with Crippen molar-refractivity contribution in [2.45, 2.75) is 32.3 Å². The summed E-state index contributed by atoms with van der Waals surface area (Å²) in [5.74, 6) is 0.00617. The van der Waals surface area contributed by atoms with Gasteiger partial charge >= 0.3 is 0 Å². The molecule has 0 radical (unpaired) electrons. The van der Waals surface area contributed by atoms with Gasteiger partial charge in [0, 0.05) is 25.6 Å². The van der Waals surface area contributed by atoms with Crippen LogP contribution in [0.1, 0.15) is 30.4 Å². The fourth-order valence-corrected chi connectivity index (χ4v) is 5.32. The molecular weight excluding hydrogens is 412 g/mol. The van der Waals surface area contributed by atoms with Crippen LogP contribution in [-0.4, -0.2) is 50.6 Å². The molecule has 0 saturated carbocycles. The SMILES string of the molecule is O=C(NCCOCc1ccccc1)C1CCN(S(=O)(=O)CCCc2ccccc2)CC1. The van der Waals surface area contributed by atoms with Crippen LogP contribution in [0.3, 0.4) is 0 Å². The summed E-state index contributed by atoms with van der Waals surface area (Å²) < 4.78 is 32.4. The predicted molar refractivity (Wildman–Crippen MR) is 122 cm³/mol. The molecule has 0 spiro atoms. The zero-order chi connectivity index (χ0) is 21.9. The van der Waals surface area contributed by atoms with Gasteiger partial charge in [-0.1, -0.05) is 60.7 Å². The third kappa shape index (κ3) is 7.76. The third-order valence-electron chi connectivity index (χ3n) is 5.59. The summed E-state index contributed by atoms with van der Waals surface area (Å²) in [6, 6.07) is 19.8. The van der Waals surface area contributed by atoms with Crippen LogP contribution in [-0.2, 0) is 32.6 Å². The van der Waals surface area contributed by atoms with Crippen molar-refractivity contribution in [2.75, 3.05) is 32.0 Å². The number of amides is 1. The van der Waals surface area contributed by atoms with Gasteiger partial charge < -0.3 is 10.1 Å². The summed E-state index contributed by atoms with van der Waals surface area (Å²) in [5, 5.41) is 2.91. The third-order valence-corrected chi connectivity index (χ3v) is 7.54. The molecular formula is C24H32N2O4S. The molecule has 0 bridgehead atoms.